The van der Waals surface area contributed by atoms with Crippen molar-refractivity contribution in [1.82, 2.24) is 9.78 Å². The number of anilines is 2. The Kier molecular flexibility index (Phi) is 3.68. The summed E-state index contributed by atoms with van der Waals surface area (Å²) in [6.07, 6.45) is 0. The van der Waals surface area contributed by atoms with E-state index in [0.717, 1.165) is 27.2 Å². The maximum absolute atomic E-state index is 5.73. The van der Waals surface area contributed by atoms with E-state index in [9.17, 15) is 0 Å². The SMILES string of the molecule is Cc1cc(Nc2ccc(Br)cc2C(N)=S)n(C)n1. The first-order valence-electron chi connectivity index (χ1n) is 5.34. The number of thiocarbonyl (C=S) groups is 1. The monoisotopic (exact) mass is 324 g/mol. The van der Waals surface area contributed by atoms with Crippen molar-refractivity contribution in [2.45, 2.75) is 6.92 Å². The van der Waals surface area contributed by atoms with Gasteiger partial charge in [-0.1, -0.05) is 28.1 Å². The second kappa shape index (κ2) is 5.07. The Morgan fingerprint density at radius 1 is 1.44 bits per heavy atom. The van der Waals surface area contributed by atoms with Crippen LogP contribution in [0.25, 0.3) is 0 Å². The molecule has 0 aliphatic heterocycles. The summed E-state index contributed by atoms with van der Waals surface area (Å²) in [5, 5.41) is 7.56. The van der Waals surface area contributed by atoms with Gasteiger partial charge in [0.25, 0.3) is 0 Å². The van der Waals surface area contributed by atoms with Gasteiger partial charge in [-0.05, 0) is 25.1 Å². The summed E-state index contributed by atoms with van der Waals surface area (Å²) in [7, 11) is 1.88. The minimum atomic E-state index is 0.359. The van der Waals surface area contributed by atoms with Crippen LogP contribution in [0.5, 0.6) is 0 Å². The maximum Gasteiger partial charge on any atom is 0.128 e. The molecular weight excluding hydrogens is 312 g/mol. The van der Waals surface area contributed by atoms with Crippen molar-refractivity contribution in [3.05, 3.63) is 40.0 Å². The molecule has 1 aromatic carbocycles. The van der Waals surface area contributed by atoms with Crippen molar-refractivity contribution in [2.75, 3.05) is 5.32 Å². The Morgan fingerprint density at radius 2 is 2.17 bits per heavy atom. The minimum absolute atomic E-state index is 0.359. The fraction of sp³-hybridized carbons (Fsp3) is 0.167. The Labute approximate surface area is 119 Å². The number of rotatable bonds is 3. The smallest absolute Gasteiger partial charge is 0.128 e. The molecule has 0 bridgehead atoms. The topological polar surface area (TPSA) is 55.9 Å². The molecule has 0 amide bonds. The van der Waals surface area contributed by atoms with Crippen molar-refractivity contribution in [3.63, 3.8) is 0 Å². The zero-order valence-corrected chi connectivity index (χ0v) is 12.5. The van der Waals surface area contributed by atoms with Crippen LogP contribution >= 0.6 is 28.1 Å². The van der Waals surface area contributed by atoms with E-state index in [-0.39, 0.29) is 0 Å². The summed E-state index contributed by atoms with van der Waals surface area (Å²) < 4.78 is 2.72. The van der Waals surface area contributed by atoms with Crippen LogP contribution in [0.2, 0.25) is 0 Å². The van der Waals surface area contributed by atoms with E-state index in [0.29, 0.717) is 4.99 Å². The molecule has 2 aromatic rings. The van der Waals surface area contributed by atoms with Crippen LogP contribution in [-0.2, 0) is 7.05 Å². The Bertz CT molecular complexity index is 606. The molecule has 0 atom stereocenters. The third-order valence-electron chi connectivity index (χ3n) is 2.51. The third kappa shape index (κ3) is 2.70. The molecular formula is C12H13BrN4S. The highest BCUT2D eigenvalue weighted by molar-refractivity contribution is 9.10. The van der Waals surface area contributed by atoms with Gasteiger partial charge in [0.1, 0.15) is 10.8 Å². The van der Waals surface area contributed by atoms with Crippen molar-refractivity contribution < 1.29 is 0 Å². The van der Waals surface area contributed by atoms with Crippen LogP contribution in [0.4, 0.5) is 11.5 Å². The van der Waals surface area contributed by atoms with Gasteiger partial charge in [0.15, 0.2) is 0 Å². The molecule has 2 rings (SSSR count). The molecule has 0 saturated heterocycles. The predicted octanol–water partition coefficient (Wildman–Crippen LogP) is 2.87. The lowest BCUT2D eigenvalue weighted by atomic mass is 10.2. The number of nitrogens with zero attached hydrogens (tertiary/aromatic N) is 2. The van der Waals surface area contributed by atoms with Crippen molar-refractivity contribution in [2.24, 2.45) is 12.8 Å². The summed E-state index contributed by atoms with van der Waals surface area (Å²) in [4.78, 5) is 0.359. The fourth-order valence-electron chi connectivity index (χ4n) is 1.69. The quantitative estimate of drug-likeness (QED) is 0.852. The first kappa shape index (κ1) is 13.0. The zero-order valence-electron chi connectivity index (χ0n) is 10.1. The zero-order chi connectivity index (χ0) is 13.3. The van der Waals surface area contributed by atoms with Crippen LogP contribution in [0.3, 0.4) is 0 Å². The second-order valence-electron chi connectivity index (χ2n) is 3.97. The lowest BCUT2D eigenvalue weighted by molar-refractivity contribution is 0.765. The number of hydrogen-bond donors (Lipinski definition) is 2. The first-order valence-corrected chi connectivity index (χ1v) is 6.54. The first-order chi connectivity index (χ1) is 8.47. The normalized spacial score (nSPS) is 10.4. The molecule has 1 aromatic heterocycles. The Balaban J connectivity index is 2.40. The fourth-order valence-corrected chi connectivity index (χ4v) is 2.22. The molecule has 4 nitrogen and oxygen atoms in total. The molecule has 18 heavy (non-hydrogen) atoms. The van der Waals surface area contributed by atoms with E-state index in [4.69, 9.17) is 18.0 Å². The van der Waals surface area contributed by atoms with Gasteiger partial charge in [0.05, 0.1) is 5.69 Å². The Hall–Kier alpha value is -1.40. The number of nitrogens with two attached hydrogens (primary N) is 1. The van der Waals surface area contributed by atoms with Crippen LogP contribution < -0.4 is 11.1 Å². The van der Waals surface area contributed by atoms with Gasteiger partial charge in [-0.3, -0.25) is 4.68 Å². The average molecular weight is 325 g/mol. The summed E-state index contributed by atoms with van der Waals surface area (Å²) in [6, 6.07) is 7.73. The summed E-state index contributed by atoms with van der Waals surface area (Å²) in [6.45, 7) is 1.95. The second-order valence-corrected chi connectivity index (χ2v) is 5.33. The van der Waals surface area contributed by atoms with Gasteiger partial charge in [-0.15, -0.1) is 0 Å². The van der Waals surface area contributed by atoms with Crippen LogP contribution in [-0.4, -0.2) is 14.8 Å². The van der Waals surface area contributed by atoms with E-state index in [1.54, 1.807) is 4.68 Å². The number of nitrogens with one attached hydrogen (secondary N) is 1. The summed E-state index contributed by atoms with van der Waals surface area (Å²) >= 11 is 8.47. The van der Waals surface area contributed by atoms with Gasteiger partial charge in [0, 0.05) is 28.8 Å². The molecule has 0 unspecified atom stereocenters. The molecule has 1 heterocycles. The molecule has 0 fully saturated rings. The van der Waals surface area contributed by atoms with E-state index in [1.165, 1.54) is 0 Å². The molecule has 0 radical (unpaired) electrons. The Morgan fingerprint density at radius 3 is 2.72 bits per heavy atom. The molecule has 0 aliphatic rings. The van der Waals surface area contributed by atoms with Gasteiger partial charge in [-0.2, -0.15) is 5.10 Å². The molecule has 0 spiro atoms. The molecule has 0 aliphatic carbocycles. The standard InChI is InChI=1S/C12H13BrN4S/c1-7-5-11(17(2)16-7)15-10-4-3-8(13)6-9(10)12(14)18/h3-6,15H,1-2H3,(H2,14,18). The van der Waals surface area contributed by atoms with Crippen LogP contribution in [0, 0.1) is 6.92 Å². The molecule has 0 saturated carbocycles. The molecule has 3 N–H and O–H groups in total. The van der Waals surface area contributed by atoms with Gasteiger partial charge in [-0.25, -0.2) is 0 Å². The highest BCUT2D eigenvalue weighted by Gasteiger charge is 2.08. The van der Waals surface area contributed by atoms with Crippen molar-refractivity contribution >= 4 is 44.6 Å². The number of aromatic nitrogens is 2. The lowest BCUT2D eigenvalue weighted by Gasteiger charge is -2.11. The number of halogens is 1. The summed E-state index contributed by atoms with van der Waals surface area (Å²) in [5.41, 5.74) is 8.35. The third-order valence-corrected chi connectivity index (χ3v) is 3.22. The highest BCUT2D eigenvalue weighted by atomic mass is 79.9. The van der Waals surface area contributed by atoms with E-state index >= 15 is 0 Å². The van der Waals surface area contributed by atoms with Gasteiger partial charge in [0.2, 0.25) is 0 Å². The molecule has 94 valence electrons. The lowest BCUT2D eigenvalue weighted by Crippen LogP contribution is -2.12. The average Bonchev–Trinajstić information content (AvgIpc) is 2.60. The van der Waals surface area contributed by atoms with Crippen molar-refractivity contribution in [1.29, 1.82) is 0 Å². The van der Waals surface area contributed by atoms with E-state index in [2.05, 4.69) is 26.3 Å². The number of aryl methyl sites for hydroxylation is 2. The van der Waals surface area contributed by atoms with E-state index in [1.807, 2.05) is 38.2 Å². The van der Waals surface area contributed by atoms with E-state index < -0.39 is 0 Å². The van der Waals surface area contributed by atoms with Gasteiger partial charge < -0.3 is 11.1 Å². The van der Waals surface area contributed by atoms with Crippen molar-refractivity contribution in [3.8, 4) is 0 Å². The van der Waals surface area contributed by atoms with Crippen LogP contribution in [0.1, 0.15) is 11.3 Å². The molecule has 6 heteroatoms. The minimum Gasteiger partial charge on any atom is -0.389 e. The maximum atomic E-state index is 5.73. The number of benzene rings is 1. The largest absolute Gasteiger partial charge is 0.389 e. The number of hydrogen-bond acceptors (Lipinski definition) is 3. The predicted molar refractivity (Wildman–Crippen MR) is 81.3 cm³/mol. The van der Waals surface area contributed by atoms with Crippen LogP contribution in [0.15, 0.2) is 28.7 Å². The highest BCUT2D eigenvalue weighted by Crippen LogP contribution is 2.24. The summed E-state index contributed by atoms with van der Waals surface area (Å²) in [5.74, 6) is 0.896. The van der Waals surface area contributed by atoms with Gasteiger partial charge >= 0.3 is 0 Å².